The van der Waals surface area contributed by atoms with E-state index in [0.29, 0.717) is 23.8 Å². The molecule has 0 aliphatic heterocycles. The fraction of sp³-hybridized carbons (Fsp3) is 0.615. The molecule has 4 heteroatoms. The zero-order chi connectivity index (χ0) is 12.8. The maximum Gasteiger partial charge on any atom is 0.341 e. The molecule has 0 fully saturated rings. The second-order valence-corrected chi connectivity index (χ2v) is 4.53. The van der Waals surface area contributed by atoms with E-state index in [-0.39, 0.29) is 5.97 Å². The van der Waals surface area contributed by atoms with Crippen LogP contribution in [0.15, 0.2) is 10.5 Å². The summed E-state index contributed by atoms with van der Waals surface area (Å²) in [6.07, 6.45) is 1.13. The number of hydrogen-bond donors (Lipinski definition) is 1. The standard InChI is InChI=1S/C13H21NO3/c1-9(2)5-6-14-8-11-7-12(10(3)17-11)13(15)16-4/h7,9,14H,5-6,8H2,1-4H3. The summed E-state index contributed by atoms with van der Waals surface area (Å²) < 4.78 is 10.1. The number of furan rings is 1. The van der Waals surface area contributed by atoms with E-state index in [1.54, 1.807) is 13.0 Å². The average Bonchev–Trinajstić information content (AvgIpc) is 2.65. The van der Waals surface area contributed by atoms with E-state index >= 15 is 0 Å². The highest BCUT2D eigenvalue weighted by molar-refractivity contribution is 5.90. The summed E-state index contributed by atoms with van der Waals surface area (Å²) in [5.74, 6) is 1.72. The molecule has 0 bridgehead atoms. The molecule has 0 amide bonds. The third-order valence-corrected chi connectivity index (χ3v) is 2.57. The van der Waals surface area contributed by atoms with Gasteiger partial charge in [-0.15, -0.1) is 0 Å². The van der Waals surface area contributed by atoms with E-state index in [2.05, 4.69) is 23.9 Å². The van der Waals surface area contributed by atoms with Gasteiger partial charge in [-0.25, -0.2) is 4.79 Å². The Morgan fingerprint density at radius 3 is 2.82 bits per heavy atom. The number of ether oxygens (including phenoxy) is 1. The highest BCUT2D eigenvalue weighted by Crippen LogP contribution is 2.15. The van der Waals surface area contributed by atoms with Gasteiger partial charge in [-0.1, -0.05) is 13.8 Å². The summed E-state index contributed by atoms with van der Waals surface area (Å²) in [5.41, 5.74) is 0.508. The first kappa shape index (κ1) is 13.8. The Balaban J connectivity index is 2.47. The zero-order valence-electron chi connectivity index (χ0n) is 11.0. The van der Waals surface area contributed by atoms with Crippen molar-refractivity contribution in [2.45, 2.75) is 33.7 Å². The lowest BCUT2D eigenvalue weighted by Crippen LogP contribution is -2.15. The monoisotopic (exact) mass is 239 g/mol. The third-order valence-electron chi connectivity index (χ3n) is 2.57. The molecule has 1 heterocycles. The topological polar surface area (TPSA) is 51.5 Å². The first-order valence-electron chi connectivity index (χ1n) is 5.93. The molecule has 0 unspecified atom stereocenters. The van der Waals surface area contributed by atoms with E-state index in [0.717, 1.165) is 18.7 Å². The van der Waals surface area contributed by atoms with Gasteiger partial charge < -0.3 is 14.5 Å². The molecular weight excluding hydrogens is 218 g/mol. The molecule has 17 heavy (non-hydrogen) atoms. The van der Waals surface area contributed by atoms with Gasteiger partial charge in [0.1, 0.15) is 17.1 Å². The predicted molar refractivity (Wildman–Crippen MR) is 65.9 cm³/mol. The molecule has 0 spiro atoms. The minimum atomic E-state index is -0.348. The van der Waals surface area contributed by atoms with Crippen LogP contribution in [0.4, 0.5) is 0 Å². The van der Waals surface area contributed by atoms with Crippen molar-refractivity contribution in [2.75, 3.05) is 13.7 Å². The predicted octanol–water partition coefficient (Wildman–Crippen LogP) is 2.51. The number of aryl methyl sites for hydroxylation is 1. The molecule has 4 nitrogen and oxygen atoms in total. The normalized spacial score (nSPS) is 10.9. The summed E-state index contributed by atoms with van der Waals surface area (Å²) in [6.45, 7) is 7.74. The van der Waals surface area contributed by atoms with Gasteiger partial charge in [0, 0.05) is 0 Å². The second-order valence-electron chi connectivity index (χ2n) is 4.53. The smallest absolute Gasteiger partial charge is 0.341 e. The van der Waals surface area contributed by atoms with E-state index in [9.17, 15) is 4.79 Å². The van der Waals surface area contributed by atoms with Crippen molar-refractivity contribution in [3.63, 3.8) is 0 Å². The van der Waals surface area contributed by atoms with Crippen molar-refractivity contribution in [1.82, 2.24) is 5.32 Å². The van der Waals surface area contributed by atoms with Gasteiger partial charge in [0.15, 0.2) is 0 Å². The zero-order valence-corrected chi connectivity index (χ0v) is 11.0. The lowest BCUT2D eigenvalue weighted by atomic mass is 10.1. The van der Waals surface area contributed by atoms with Crippen molar-refractivity contribution in [1.29, 1.82) is 0 Å². The van der Waals surface area contributed by atoms with Gasteiger partial charge >= 0.3 is 5.97 Å². The Kier molecular flexibility index (Phi) is 5.22. The molecule has 1 aromatic rings. The van der Waals surface area contributed by atoms with Crippen molar-refractivity contribution < 1.29 is 13.9 Å². The summed E-state index contributed by atoms with van der Waals surface area (Å²) in [4.78, 5) is 11.4. The molecule has 1 N–H and O–H groups in total. The molecule has 0 radical (unpaired) electrons. The van der Waals surface area contributed by atoms with Crippen LogP contribution in [0.2, 0.25) is 0 Å². The first-order valence-corrected chi connectivity index (χ1v) is 5.93. The van der Waals surface area contributed by atoms with Crippen LogP contribution in [-0.2, 0) is 11.3 Å². The van der Waals surface area contributed by atoms with E-state index in [1.165, 1.54) is 7.11 Å². The number of nitrogens with one attached hydrogen (secondary N) is 1. The molecule has 0 aliphatic rings. The largest absolute Gasteiger partial charge is 0.465 e. The molecule has 1 rings (SSSR count). The number of rotatable bonds is 6. The number of methoxy groups -OCH3 is 1. The molecular formula is C13H21NO3. The number of carbonyl (C=O) groups is 1. The Labute approximate surface area is 102 Å². The van der Waals surface area contributed by atoms with E-state index in [1.807, 2.05) is 0 Å². The van der Waals surface area contributed by atoms with E-state index in [4.69, 9.17) is 4.42 Å². The summed E-state index contributed by atoms with van der Waals surface area (Å²) >= 11 is 0. The second kappa shape index (κ2) is 6.45. The number of hydrogen-bond acceptors (Lipinski definition) is 4. The van der Waals surface area contributed by atoms with Crippen LogP contribution in [0.1, 0.15) is 42.1 Å². The van der Waals surface area contributed by atoms with Crippen LogP contribution in [-0.4, -0.2) is 19.6 Å². The van der Waals surface area contributed by atoms with Gasteiger partial charge in [-0.3, -0.25) is 0 Å². The maximum absolute atomic E-state index is 11.4. The number of esters is 1. The average molecular weight is 239 g/mol. The van der Waals surface area contributed by atoms with Crippen LogP contribution in [0.5, 0.6) is 0 Å². The van der Waals surface area contributed by atoms with Gasteiger partial charge in [0.2, 0.25) is 0 Å². The fourth-order valence-corrected chi connectivity index (χ4v) is 1.55. The van der Waals surface area contributed by atoms with Crippen LogP contribution in [0.25, 0.3) is 0 Å². The summed E-state index contributed by atoms with van der Waals surface area (Å²) in [7, 11) is 1.37. The number of carbonyl (C=O) groups excluding carboxylic acids is 1. The molecule has 0 saturated heterocycles. The minimum Gasteiger partial charge on any atom is -0.465 e. The van der Waals surface area contributed by atoms with Crippen LogP contribution >= 0.6 is 0 Å². The quantitative estimate of drug-likeness (QED) is 0.612. The minimum absolute atomic E-state index is 0.348. The van der Waals surface area contributed by atoms with Crippen LogP contribution in [0.3, 0.4) is 0 Å². The SMILES string of the molecule is COC(=O)c1cc(CNCCC(C)C)oc1C. The molecule has 0 atom stereocenters. The van der Waals surface area contributed by atoms with Crippen molar-refractivity contribution in [3.8, 4) is 0 Å². The van der Waals surface area contributed by atoms with Gasteiger partial charge in [0.25, 0.3) is 0 Å². The first-order chi connectivity index (χ1) is 8.04. The lowest BCUT2D eigenvalue weighted by molar-refractivity contribution is 0.0599. The molecule has 96 valence electrons. The highest BCUT2D eigenvalue weighted by atomic mass is 16.5. The van der Waals surface area contributed by atoms with Crippen LogP contribution < -0.4 is 5.32 Å². The molecule has 0 aromatic carbocycles. The summed E-state index contributed by atoms with van der Waals surface area (Å²) in [5, 5.41) is 3.28. The highest BCUT2D eigenvalue weighted by Gasteiger charge is 2.14. The summed E-state index contributed by atoms with van der Waals surface area (Å²) in [6, 6.07) is 1.74. The lowest BCUT2D eigenvalue weighted by Gasteiger charge is -2.04. The Morgan fingerprint density at radius 2 is 2.24 bits per heavy atom. The maximum atomic E-state index is 11.4. The Hall–Kier alpha value is -1.29. The van der Waals surface area contributed by atoms with Crippen molar-refractivity contribution in [2.24, 2.45) is 5.92 Å². The van der Waals surface area contributed by atoms with Crippen molar-refractivity contribution >= 4 is 5.97 Å². The van der Waals surface area contributed by atoms with Crippen LogP contribution in [0, 0.1) is 12.8 Å². The Morgan fingerprint density at radius 1 is 1.53 bits per heavy atom. The van der Waals surface area contributed by atoms with Gasteiger partial charge in [-0.05, 0) is 31.9 Å². The van der Waals surface area contributed by atoms with Gasteiger partial charge in [-0.2, -0.15) is 0 Å². The Bertz CT molecular complexity index is 369. The van der Waals surface area contributed by atoms with Gasteiger partial charge in [0.05, 0.1) is 13.7 Å². The van der Waals surface area contributed by atoms with E-state index < -0.39 is 0 Å². The fourth-order valence-electron chi connectivity index (χ4n) is 1.55. The third kappa shape index (κ3) is 4.23. The molecule has 0 saturated carbocycles. The van der Waals surface area contributed by atoms with Crippen molar-refractivity contribution in [3.05, 3.63) is 23.2 Å². The molecule has 0 aliphatic carbocycles. The molecule has 1 aromatic heterocycles.